The smallest absolute Gasteiger partial charge is 0.154 e. The third kappa shape index (κ3) is 4.63. The van der Waals surface area contributed by atoms with E-state index in [0.29, 0.717) is 0 Å². The molecule has 0 unspecified atom stereocenters. The van der Waals surface area contributed by atoms with Crippen LogP contribution in [0, 0.1) is 0 Å². The van der Waals surface area contributed by atoms with E-state index in [9.17, 15) is 0 Å². The number of ether oxygens (including phenoxy) is 2. The first-order chi connectivity index (χ1) is 4.35. The first-order valence-electron chi connectivity index (χ1n) is 3.58. The molecule has 0 aromatic heterocycles. The highest BCUT2D eigenvalue weighted by atomic mass is 28.1. The van der Waals surface area contributed by atoms with Crippen LogP contribution < -0.4 is 0 Å². The topological polar surface area (TPSA) is 18.5 Å². The van der Waals surface area contributed by atoms with Crippen molar-refractivity contribution in [2.45, 2.75) is 26.2 Å². The molecule has 56 valence electrons. The summed E-state index contributed by atoms with van der Waals surface area (Å²) in [5, 5.41) is 0. The van der Waals surface area contributed by atoms with Crippen LogP contribution in [0.15, 0.2) is 0 Å². The van der Waals surface area contributed by atoms with Gasteiger partial charge in [-0.15, -0.1) is 0 Å². The highest BCUT2D eigenvalue weighted by Gasteiger charge is 2.01. The van der Waals surface area contributed by atoms with E-state index in [2.05, 4.69) is 0 Å². The largest absolute Gasteiger partial charge is 0.353 e. The normalized spacial score (nSPS) is 11.0. The molecule has 3 heteroatoms. The molecule has 0 aliphatic heterocycles. The summed E-state index contributed by atoms with van der Waals surface area (Å²) in [5.74, 6) is 0. The van der Waals surface area contributed by atoms with Gasteiger partial charge in [0.1, 0.15) is 0 Å². The Labute approximate surface area is 60.0 Å². The van der Waals surface area contributed by atoms with E-state index in [1.807, 2.05) is 13.8 Å². The quantitative estimate of drug-likeness (QED) is 0.409. The van der Waals surface area contributed by atoms with Crippen molar-refractivity contribution < 1.29 is 9.47 Å². The lowest BCUT2D eigenvalue weighted by Crippen LogP contribution is -2.16. The van der Waals surface area contributed by atoms with Crippen LogP contribution in [0.4, 0.5) is 0 Å². The zero-order valence-electron chi connectivity index (χ0n) is 6.52. The van der Waals surface area contributed by atoms with Crippen LogP contribution in [0.3, 0.4) is 0 Å². The van der Waals surface area contributed by atoms with Crippen LogP contribution in [0.2, 0.25) is 6.04 Å². The Morgan fingerprint density at radius 3 is 1.89 bits per heavy atom. The molecule has 0 aromatic carbocycles. The van der Waals surface area contributed by atoms with E-state index in [4.69, 9.17) is 9.47 Å². The minimum Gasteiger partial charge on any atom is -0.353 e. The van der Waals surface area contributed by atoms with Gasteiger partial charge in [0.05, 0.1) is 0 Å². The number of hydrogen-bond acceptors (Lipinski definition) is 2. The summed E-state index contributed by atoms with van der Waals surface area (Å²) in [7, 11) is 1.15. The first kappa shape index (κ1) is 9.14. The standard InChI is InChI=1S/C6H16O2Si/c1-3-7-6(5-9)8-4-2/h6H,3-5H2,1-2,9H3. The molecule has 0 bridgehead atoms. The fourth-order valence-electron chi connectivity index (χ4n) is 0.656. The highest BCUT2D eigenvalue weighted by Crippen LogP contribution is 1.97. The Kier molecular flexibility index (Phi) is 6.35. The Hall–Kier alpha value is 0.137. The molecule has 0 N–H and O–H groups in total. The van der Waals surface area contributed by atoms with Gasteiger partial charge in [0, 0.05) is 23.5 Å². The van der Waals surface area contributed by atoms with E-state index >= 15 is 0 Å². The summed E-state index contributed by atoms with van der Waals surface area (Å²) >= 11 is 0. The maximum absolute atomic E-state index is 5.24. The number of rotatable bonds is 5. The van der Waals surface area contributed by atoms with Crippen molar-refractivity contribution in [3.63, 3.8) is 0 Å². The lowest BCUT2D eigenvalue weighted by atomic mass is 10.7. The van der Waals surface area contributed by atoms with Gasteiger partial charge in [0.25, 0.3) is 0 Å². The molecule has 0 rings (SSSR count). The lowest BCUT2D eigenvalue weighted by Gasteiger charge is -2.13. The summed E-state index contributed by atoms with van der Waals surface area (Å²) in [6.07, 6.45) is 0.0756. The van der Waals surface area contributed by atoms with Gasteiger partial charge in [-0.2, -0.15) is 0 Å². The molecule has 0 heterocycles. The third-order valence-corrected chi connectivity index (χ3v) is 1.71. The molecule has 9 heavy (non-hydrogen) atoms. The van der Waals surface area contributed by atoms with E-state index < -0.39 is 0 Å². The average Bonchev–Trinajstić information content (AvgIpc) is 1.88. The first-order valence-corrected chi connectivity index (χ1v) is 4.99. The van der Waals surface area contributed by atoms with Gasteiger partial charge in [0.15, 0.2) is 6.29 Å². The molecular weight excluding hydrogens is 132 g/mol. The Morgan fingerprint density at radius 2 is 1.67 bits per heavy atom. The zero-order valence-corrected chi connectivity index (χ0v) is 8.52. The molecule has 2 nitrogen and oxygen atoms in total. The monoisotopic (exact) mass is 148 g/mol. The van der Waals surface area contributed by atoms with Crippen molar-refractivity contribution in [2.75, 3.05) is 13.2 Å². The maximum atomic E-state index is 5.24. The van der Waals surface area contributed by atoms with Gasteiger partial charge in [-0.3, -0.25) is 0 Å². The zero-order chi connectivity index (χ0) is 7.11. The lowest BCUT2D eigenvalue weighted by molar-refractivity contribution is -0.122. The average molecular weight is 148 g/mol. The Balaban J connectivity index is 3.18. The van der Waals surface area contributed by atoms with Gasteiger partial charge in [-0.05, 0) is 19.9 Å². The SMILES string of the molecule is CCOC(C[SiH3])OCC. The highest BCUT2D eigenvalue weighted by molar-refractivity contribution is 6.08. The van der Waals surface area contributed by atoms with E-state index in [0.717, 1.165) is 29.5 Å². The minimum absolute atomic E-state index is 0.0756. The van der Waals surface area contributed by atoms with Crippen molar-refractivity contribution in [1.29, 1.82) is 0 Å². The maximum Gasteiger partial charge on any atom is 0.154 e. The fraction of sp³-hybridized carbons (Fsp3) is 1.00. The molecular formula is C6H16O2Si. The van der Waals surface area contributed by atoms with Gasteiger partial charge in [-0.1, -0.05) is 0 Å². The second kappa shape index (κ2) is 6.26. The van der Waals surface area contributed by atoms with Crippen LogP contribution in [0.25, 0.3) is 0 Å². The molecule has 0 spiro atoms. The van der Waals surface area contributed by atoms with Crippen LogP contribution in [-0.4, -0.2) is 29.7 Å². The van der Waals surface area contributed by atoms with Crippen LogP contribution in [0.5, 0.6) is 0 Å². The molecule has 0 amide bonds. The van der Waals surface area contributed by atoms with Crippen molar-refractivity contribution in [1.82, 2.24) is 0 Å². The van der Waals surface area contributed by atoms with Crippen LogP contribution >= 0.6 is 0 Å². The molecule has 0 aliphatic carbocycles. The van der Waals surface area contributed by atoms with Crippen molar-refractivity contribution >= 4 is 10.2 Å². The molecule has 0 radical (unpaired) electrons. The van der Waals surface area contributed by atoms with E-state index in [1.165, 1.54) is 0 Å². The van der Waals surface area contributed by atoms with Crippen molar-refractivity contribution in [3.8, 4) is 0 Å². The molecule has 0 atom stereocenters. The molecule has 0 saturated heterocycles. The van der Waals surface area contributed by atoms with Gasteiger partial charge < -0.3 is 9.47 Å². The minimum atomic E-state index is 0.0756. The second-order valence-corrected chi connectivity index (χ2v) is 2.56. The second-order valence-electron chi connectivity index (χ2n) is 1.75. The molecule has 0 aromatic rings. The van der Waals surface area contributed by atoms with Crippen molar-refractivity contribution in [3.05, 3.63) is 0 Å². The third-order valence-electron chi connectivity index (χ3n) is 1.04. The van der Waals surface area contributed by atoms with Crippen LogP contribution in [-0.2, 0) is 9.47 Å². The van der Waals surface area contributed by atoms with Crippen molar-refractivity contribution in [2.24, 2.45) is 0 Å². The predicted octanol–water partition coefficient (Wildman–Crippen LogP) is 0.169. The van der Waals surface area contributed by atoms with E-state index in [-0.39, 0.29) is 6.29 Å². The number of hydrogen-bond donors (Lipinski definition) is 0. The summed E-state index contributed by atoms with van der Waals surface area (Å²) in [6, 6.07) is 1.07. The fourth-order valence-corrected chi connectivity index (χ4v) is 1.13. The summed E-state index contributed by atoms with van der Waals surface area (Å²) in [4.78, 5) is 0. The van der Waals surface area contributed by atoms with E-state index in [1.54, 1.807) is 0 Å². The Bertz CT molecular complexity index is 53.0. The molecule has 0 saturated carbocycles. The predicted molar refractivity (Wildman–Crippen MR) is 41.8 cm³/mol. The van der Waals surface area contributed by atoms with Crippen LogP contribution in [0.1, 0.15) is 13.8 Å². The van der Waals surface area contributed by atoms with Gasteiger partial charge in [-0.25, -0.2) is 0 Å². The summed E-state index contributed by atoms with van der Waals surface area (Å²) < 4.78 is 10.5. The molecule has 0 aliphatic rings. The summed E-state index contributed by atoms with van der Waals surface area (Å²) in [5.41, 5.74) is 0. The Morgan fingerprint density at radius 1 is 1.22 bits per heavy atom. The summed E-state index contributed by atoms with van der Waals surface area (Å²) in [6.45, 7) is 5.49. The van der Waals surface area contributed by atoms with Gasteiger partial charge in [0.2, 0.25) is 0 Å². The van der Waals surface area contributed by atoms with Gasteiger partial charge >= 0.3 is 0 Å². The molecule has 0 fully saturated rings.